The van der Waals surface area contributed by atoms with Crippen molar-refractivity contribution >= 4 is 33.8 Å². The molecule has 0 unspecified atom stereocenters. The van der Waals surface area contributed by atoms with Gasteiger partial charge in [-0.2, -0.15) is 0 Å². The topological polar surface area (TPSA) is 93.4 Å². The van der Waals surface area contributed by atoms with Crippen LogP contribution in [0.3, 0.4) is 0 Å². The zero-order valence-electron chi connectivity index (χ0n) is 11.5. The maximum atomic E-state index is 12.1. The van der Waals surface area contributed by atoms with E-state index in [1.807, 2.05) is 17.9 Å². The summed E-state index contributed by atoms with van der Waals surface area (Å²) in [5.74, 6) is 0.580. The van der Waals surface area contributed by atoms with E-state index in [0.717, 1.165) is 10.7 Å². The van der Waals surface area contributed by atoms with Crippen LogP contribution < -0.4 is 20.7 Å². The van der Waals surface area contributed by atoms with Crippen molar-refractivity contribution in [3.05, 3.63) is 23.2 Å². The Morgan fingerprint density at radius 3 is 3.14 bits per heavy atom. The van der Waals surface area contributed by atoms with Gasteiger partial charge in [-0.25, -0.2) is 0 Å². The van der Waals surface area contributed by atoms with Crippen molar-refractivity contribution in [1.82, 2.24) is 10.2 Å². The van der Waals surface area contributed by atoms with Gasteiger partial charge in [0, 0.05) is 11.8 Å². The Kier molecular flexibility index (Phi) is 3.61. The van der Waals surface area contributed by atoms with Crippen molar-refractivity contribution in [2.45, 2.75) is 6.92 Å². The minimum absolute atomic E-state index is 0.129. The van der Waals surface area contributed by atoms with Gasteiger partial charge >= 0.3 is 0 Å². The minimum Gasteiger partial charge on any atom is -0.489 e. The Bertz CT molecular complexity index is 672. The number of nitrogens with zero attached hydrogens (tertiary/aromatic N) is 3. The molecule has 0 atom stereocenters. The molecule has 7 nitrogen and oxygen atoms in total. The summed E-state index contributed by atoms with van der Waals surface area (Å²) in [4.78, 5) is 14.0. The zero-order valence-corrected chi connectivity index (χ0v) is 12.3. The van der Waals surface area contributed by atoms with Crippen LogP contribution in [-0.2, 0) is 4.79 Å². The summed E-state index contributed by atoms with van der Waals surface area (Å²) in [5.41, 5.74) is 7.26. The molecule has 2 aromatic rings. The first-order chi connectivity index (χ1) is 10.1. The van der Waals surface area contributed by atoms with Crippen LogP contribution in [0.2, 0.25) is 0 Å². The van der Waals surface area contributed by atoms with E-state index in [1.54, 1.807) is 12.1 Å². The molecule has 1 amide bonds. The van der Waals surface area contributed by atoms with Crippen LogP contribution in [0.5, 0.6) is 5.75 Å². The highest BCUT2D eigenvalue weighted by Gasteiger charge is 2.20. The third kappa shape index (κ3) is 3.05. The molecule has 3 N–H and O–H groups in total. The van der Waals surface area contributed by atoms with Crippen LogP contribution in [0, 0.1) is 6.92 Å². The molecule has 1 aromatic heterocycles. The van der Waals surface area contributed by atoms with E-state index in [0.29, 0.717) is 29.7 Å². The number of hydrogen-bond donors (Lipinski definition) is 2. The molecule has 1 aliphatic rings. The molecule has 21 heavy (non-hydrogen) atoms. The van der Waals surface area contributed by atoms with Gasteiger partial charge < -0.3 is 15.4 Å². The Hall–Kier alpha value is -2.35. The molecular weight excluding hydrogens is 290 g/mol. The lowest BCUT2D eigenvalue weighted by atomic mass is 10.2. The maximum Gasteiger partial charge on any atom is 0.245 e. The molecule has 0 bridgehead atoms. The number of nitrogens with two attached hydrogens (primary N) is 1. The lowest BCUT2D eigenvalue weighted by Crippen LogP contribution is -2.38. The van der Waals surface area contributed by atoms with E-state index in [4.69, 9.17) is 10.5 Å². The van der Waals surface area contributed by atoms with Crippen molar-refractivity contribution in [2.75, 3.05) is 35.6 Å². The van der Waals surface area contributed by atoms with Crippen molar-refractivity contribution in [2.24, 2.45) is 0 Å². The molecule has 0 spiro atoms. The number of carbonyl (C=O) groups is 1. The van der Waals surface area contributed by atoms with Gasteiger partial charge in [-0.05, 0) is 19.1 Å². The predicted octanol–water partition coefficient (Wildman–Crippen LogP) is 1.27. The highest BCUT2D eigenvalue weighted by atomic mass is 32.1. The average Bonchev–Trinajstić information content (AvgIpc) is 2.83. The van der Waals surface area contributed by atoms with E-state index >= 15 is 0 Å². The van der Waals surface area contributed by atoms with Crippen LogP contribution in [0.25, 0.3) is 0 Å². The van der Waals surface area contributed by atoms with Crippen LogP contribution in [0.4, 0.5) is 16.5 Å². The number of hydrogen-bond acceptors (Lipinski definition) is 7. The molecule has 0 saturated heterocycles. The first kappa shape index (κ1) is 13.6. The number of carbonyl (C=O) groups excluding carboxylic acids is 1. The quantitative estimate of drug-likeness (QED) is 0.829. The maximum absolute atomic E-state index is 12.1. The highest BCUT2D eigenvalue weighted by Crippen LogP contribution is 2.33. The smallest absolute Gasteiger partial charge is 0.245 e. The van der Waals surface area contributed by atoms with E-state index in [2.05, 4.69) is 15.5 Å². The van der Waals surface area contributed by atoms with Gasteiger partial charge in [0.1, 0.15) is 17.4 Å². The predicted molar refractivity (Wildman–Crippen MR) is 81.8 cm³/mol. The third-order valence-electron chi connectivity index (χ3n) is 3.05. The Balaban J connectivity index is 1.70. The van der Waals surface area contributed by atoms with E-state index in [9.17, 15) is 4.79 Å². The van der Waals surface area contributed by atoms with Crippen LogP contribution >= 0.6 is 11.3 Å². The number of rotatable bonds is 3. The lowest BCUT2D eigenvalue weighted by molar-refractivity contribution is -0.115. The fraction of sp³-hybridized carbons (Fsp3) is 0.308. The molecule has 2 heterocycles. The molecule has 0 aliphatic carbocycles. The number of amides is 1. The molecule has 0 fully saturated rings. The first-order valence-corrected chi connectivity index (χ1v) is 7.31. The Morgan fingerprint density at radius 2 is 2.38 bits per heavy atom. The number of nitrogens with one attached hydrogen (secondary N) is 1. The molecule has 3 rings (SSSR count). The Labute approximate surface area is 125 Å². The molecule has 0 saturated carbocycles. The second-order valence-electron chi connectivity index (χ2n) is 4.67. The average molecular weight is 305 g/mol. The minimum atomic E-state index is -0.129. The molecular formula is C13H15N5O2S. The van der Waals surface area contributed by atoms with Gasteiger partial charge in [-0.1, -0.05) is 11.3 Å². The standard InChI is InChI=1S/C13H15N5O2S/c1-8-16-17-13(21-8)15-12(19)7-18-4-5-20-11-6-9(14)2-3-10(11)18/h2-3,6H,4-5,7,14H2,1H3,(H,15,17,19). The first-order valence-electron chi connectivity index (χ1n) is 6.49. The number of ether oxygens (including phenoxy) is 1. The fourth-order valence-electron chi connectivity index (χ4n) is 2.14. The van der Waals surface area contributed by atoms with Crippen molar-refractivity contribution < 1.29 is 9.53 Å². The Morgan fingerprint density at radius 1 is 1.52 bits per heavy atom. The van der Waals surface area contributed by atoms with Gasteiger partial charge in [-0.15, -0.1) is 10.2 Å². The van der Waals surface area contributed by atoms with E-state index < -0.39 is 0 Å². The van der Waals surface area contributed by atoms with Gasteiger partial charge in [0.05, 0.1) is 18.8 Å². The van der Waals surface area contributed by atoms with Crippen molar-refractivity contribution in [3.63, 3.8) is 0 Å². The normalized spacial score (nSPS) is 13.5. The number of fused-ring (bicyclic) bond motifs is 1. The number of aryl methyl sites for hydroxylation is 1. The molecule has 1 aromatic carbocycles. The second kappa shape index (κ2) is 5.57. The summed E-state index contributed by atoms with van der Waals surface area (Å²) < 4.78 is 5.56. The zero-order chi connectivity index (χ0) is 14.8. The lowest BCUT2D eigenvalue weighted by Gasteiger charge is -2.30. The van der Waals surface area contributed by atoms with Gasteiger partial charge in [0.15, 0.2) is 0 Å². The van der Waals surface area contributed by atoms with Crippen LogP contribution in [0.1, 0.15) is 5.01 Å². The number of aromatic nitrogens is 2. The third-order valence-corrected chi connectivity index (χ3v) is 3.80. The molecule has 8 heteroatoms. The summed E-state index contributed by atoms with van der Waals surface area (Å²) in [6.45, 7) is 3.26. The number of benzene rings is 1. The number of nitrogen functional groups attached to an aromatic ring is 1. The summed E-state index contributed by atoms with van der Waals surface area (Å²) in [7, 11) is 0. The van der Waals surface area contributed by atoms with Gasteiger partial charge in [0.2, 0.25) is 11.0 Å². The number of anilines is 3. The summed E-state index contributed by atoms with van der Waals surface area (Å²) in [6, 6.07) is 5.44. The van der Waals surface area contributed by atoms with Crippen LogP contribution in [0.15, 0.2) is 18.2 Å². The van der Waals surface area contributed by atoms with Gasteiger partial charge in [0.25, 0.3) is 0 Å². The van der Waals surface area contributed by atoms with Crippen molar-refractivity contribution in [1.29, 1.82) is 0 Å². The van der Waals surface area contributed by atoms with Crippen molar-refractivity contribution in [3.8, 4) is 5.75 Å². The fourth-order valence-corrected chi connectivity index (χ4v) is 2.75. The van der Waals surface area contributed by atoms with Crippen LogP contribution in [-0.4, -0.2) is 35.8 Å². The molecule has 1 aliphatic heterocycles. The monoisotopic (exact) mass is 305 g/mol. The SMILES string of the molecule is Cc1nnc(NC(=O)CN2CCOc3cc(N)ccc32)s1. The molecule has 110 valence electrons. The molecule has 0 radical (unpaired) electrons. The highest BCUT2D eigenvalue weighted by molar-refractivity contribution is 7.15. The summed E-state index contributed by atoms with van der Waals surface area (Å²) >= 11 is 1.35. The van der Waals surface area contributed by atoms with Gasteiger partial charge in [-0.3, -0.25) is 10.1 Å². The largest absolute Gasteiger partial charge is 0.489 e. The summed E-state index contributed by atoms with van der Waals surface area (Å²) in [5, 5.41) is 11.8. The van der Waals surface area contributed by atoms with E-state index in [1.165, 1.54) is 11.3 Å². The second-order valence-corrected chi connectivity index (χ2v) is 5.85. The van der Waals surface area contributed by atoms with E-state index in [-0.39, 0.29) is 12.5 Å². The summed E-state index contributed by atoms with van der Waals surface area (Å²) in [6.07, 6.45) is 0.